The van der Waals surface area contributed by atoms with Gasteiger partial charge in [-0.2, -0.15) is 0 Å². The summed E-state index contributed by atoms with van der Waals surface area (Å²) in [6.45, 7) is 14.5. The number of piperidine rings is 1. The van der Waals surface area contributed by atoms with Gasteiger partial charge in [0.2, 0.25) is 0 Å². The van der Waals surface area contributed by atoms with E-state index in [9.17, 15) is 0 Å². The van der Waals surface area contributed by atoms with E-state index in [2.05, 4.69) is 37.9 Å². The number of nitrogens with zero attached hydrogens (tertiary/aromatic N) is 1. The fourth-order valence-electron chi connectivity index (χ4n) is 4.16. The molecule has 1 N–H and O–H groups in total. The molecule has 1 aliphatic heterocycles. The molecule has 0 aromatic carbocycles. The van der Waals surface area contributed by atoms with Crippen LogP contribution in [0.2, 0.25) is 0 Å². The molecule has 118 valence electrons. The van der Waals surface area contributed by atoms with Gasteiger partial charge < -0.3 is 10.2 Å². The van der Waals surface area contributed by atoms with Crippen molar-refractivity contribution >= 4 is 0 Å². The van der Waals surface area contributed by atoms with Crippen molar-refractivity contribution in [1.29, 1.82) is 0 Å². The van der Waals surface area contributed by atoms with Crippen molar-refractivity contribution in [2.24, 2.45) is 10.8 Å². The summed E-state index contributed by atoms with van der Waals surface area (Å²) < 4.78 is 0. The summed E-state index contributed by atoms with van der Waals surface area (Å²) in [6, 6.07) is 0.602. The molecule has 2 aliphatic rings. The second-order valence-corrected chi connectivity index (χ2v) is 8.15. The quantitative estimate of drug-likeness (QED) is 0.789. The predicted octanol–water partition coefficient (Wildman–Crippen LogP) is 4.06. The zero-order valence-corrected chi connectivity index (χ0v) is 14.3. The number of likely N-dealkylation sites (tertiary alicyclic amines) is 1. The van der Waals surface area contributed by atoms with Gasteiger partial charge in [0.25, 0.3) is 0 Å². The Labute approximate surface area is 126 Å². The van der Waals surface area contributed by atoms with Crippen LogP contribution in [0.25, 0.3) is 0 Å². The highest BCUT2D eigenvalue weighted by molar-refractivity contribution is 4.92. The van der Waals surface area contributed by atoms with Crippen LogP contribution < -0.4 is 5.32 Å². The minimum atomic E-state index is 0.370. The summed E-state index contributed by atoms with van der Waals surface area (Å²) in [6.07, 6.45) is 10.1. The Morgan fingerprint density at radius 1 is 1.10 bits per heavy atom. The summed E-state index contributed by atoms with van der Waals surface area (Å²) in [5, 5.41) is 3.68. The standard InChI is InChI=1S/C18H36N2/c1-5-12-19-16(2)17(3,4)15-20-13-10-18(11-14-20)8-6-7-9-18/h16,19H,5-15H2,1-4H3. The van der Waals surface area contributed by atoms with Crippen LogP contribution >= 0.6 is 0 Å². The monoisotopic (exact) mass is 280 g/mol. The molecule has 2 nitrogen and oxygen atoms in total. The average molecular weight is 280 g/mol. The highest BCUT2D eigenvalue weighted by Crippen LogP contribution is 2.46. The van der Waals surface area contributed by atoms with Crippen molar-refractivity contribution in [1.82, 2.24) is 10.2 Å². The van der Waals surface area contributed by atoms with Gasteiger partial charge in [-0.25, -0.2) is 0 Å². The Hall–Kier alpha value is -0.0800. The van der Waals surface area contributed by atoms with E-state index in [-0.39, 0.29) is 0 Å². The van der Waals surface area contributed by atoms with E-state index >= 15 is 0 Å². The lowest BCUT2D eigenvalue weighted by molar-refractivity contribution is 0.0673. The molecule has 1 saturated heterocycles. The van der Waals surface area contributed by atoms with E-state index in [1.54, 1.807) is 0 Å². The third kappa shape index (κ3) is 3.98. The van der Waals surface area contributed by atoms with Crippen LogP contribution in [0.4, 0.5) is 0 Å². The van der Waals surface area contributed by atoms with E-state index in [0.717, 1.165) is 12.0 Å². The van der Waals surface area contributed by atoms with E-state index in [4.69, 9.17) is 0 Å². The van der Waals surface area contributed by atoms with Gasteiger partial charge in [0.15, 0.2) is 0 Å². The van der Waals surface area contributed by atoms with Crippen molar-refractivity contribution in [3.8, 4) is 0 Å². The van der Waals surface area contributed by atoms with Crippen LogP contribution in [0.15, 0.2) is 0 Å². The first kappa shape index (κ1) is 16.3. The summed E-state index contributed by atoms with van der Waals surface area (Å²) >= 11 is 0. The van der Waals surface area contributed by atoms with Crippen molar-refractivity contribution < 1.29 is 0 Å². The highest BCUT2D eigenvalue weighted by atomic mass is 15.1. The topological polar surface area (TPSA) is 15.3 Å². The molecule has 0 bridgehead atoms. The zero-order valence-electron chi connectivity index (χ0n) is 14.3. The number of rotatable bonds is 6. The highest BCUT2D eigenvalue weighted by Gasteiger charge is 2.38. The minimum Gasteiger partial charge on any atom is -0.314 e. The maximum absolute atomic E-state index is 3.68. The van der Waals surface area contributed by atoms with Gasteiger partial charge in [-0.1, -0.05) is 33.6 Å². The van der Waals surface area contributed by atoms with Crippen molar-refractivity contribution in [3.05, 3.63) is 0 Å². The Morgan fingerprint density at radius 2 is 1.70 bits per heavy atom. The first-order valence-electron chi connectivity index (χ1n) is 8.93. The fourth-order valence-corrected chi connectivity index (χ4v) is 4.16. The summed E-state index contributed by atoms with van der Waals surface area (Å²) in [7, 11) is 0. The van der Waals surface area contributed by atoms with E-state index in [0.29, 0.717) is 11.5 Å². The molecular formula is C18H36N2. The molecule has 0 aromatic heterocycles. The minimum absolute atomic E-state index is 0.370. The zero-order chi connectivity index (χ0) is 14.6. The van der Waals surface area contributed by atoms with Gasteiger partial charge in [0.1, 0.15) is 0 Å². The summed E-state index contributed by atoms with van der Waals surface area (Å²) in [4.78, 5) is 2.73. The van der Waals surface area contributed by atoms with Gasteiger partial charge in [-0.05, 0) is 69.5 Å². The van der Waals surface area contributed by atoms with Gasteiger partial charge in [-0.15, -0.1) is 0 Å². The van der Waals surface area contributed by atoms with Crippen molar-refractivity contribution in [2.75, 3.05) is 26.2 Å². The molecule has 1 aliphatic carbocycles. The van der Waals surface area contributed by atoms with Crippen LogP contribution in [-0.2, 0) is 0 Å². The first-order chi connectivity index (χ1) is 9.47. The first-order valence-corrected chi connectivity index (χ1v) is 8.93. The van der Waals surface area contributed by atoms with Crippen LogP contribution in [0, 0.1) is 10.8 Å². The lowest BCUT2D eigenvalue weighted by Gasteiger charge is -2.44. The molecule has 2 heteroatoms. The van der Waals surface area contributed by atoms with Gasteiger partial charge in [0.05, 0.1) is 0 Å². The second kappa shape index (κ2) is 6.79. The van der Waals surface area contributed by atoms with Crippen molar-refractivity contribution in [2.45, 2.75) is 78.7 Å². The maximum Gasteiger partial charge on any atom is 0.0102 e. The third-order valence-corrected chi connectivity index (χ3v) is 6.08. The molecule has 0 aromatic rings. The van der Waals surface area contributed by atoms with E-state index in [1.165, 1.54) is 64.6 Å². The number of hydrogen-bond donors (Lipinski definition) is 1. The molecule has 2 rings (SSSR count). The van der Waals surface area contributed by atoms with Gasteiger partial charge in [-0.3, -0.25) is 0 Å². The second-order valence-electron chi connectivity index (χ2n) is 8.15. The normalized spacial score (nSPS) is 25.2. The molecule has 1 heterocycles. The Kier molecular flexibility index (Phi) is 5.53. The average Bonchev–Trinajstić information content (AvgIpc) is 2.87. The lowest BCUT2D eigenvalue weighted by Crippen LogP contribution is -2.49. The molecule has 1 spiro atoms. The number of nitrogens with one attached hydrogen (secondary N) is 1. The molecule has 0 radical (unpaired) electrons. The van der Waals surface area contributed by atoms with Crippen LogP contribution in [0.5, 0.6) is 0 Å². The van der Waals surface area contributed by atoms with Crippen molar-refractivity contribution in [3.63, 3.8) is 0 Å². The molecule has 1 saturated carbocycles. The third-order valence-electron chi connectivity index (χ3n) is 6.08. The fraction of sp³-hybridized carbons (Fsp3) is 1.00. The van der Waals surface area contributed by atoms with E-state index in [1.807, 2.05) is 0 Å². The van der Waals surface area contributed by atoms with Gasteiger partial charge >= 0.3 is 0 Å². The molecule has 20 heavy (non-hydrogen) atoms. The van der Waals surface area contributed by atoms with Crippen LogP contribution in [0.3, 0.4) is 0 Å². The molecule has 1 atom stereocenters. The largest absolute Gasteiger partial charge is 0.314 e. The lowest BCUT2D eigenvalue weighted by atomic mass is 9.76. The Bertz CT molecular complexity index is 282. The summed E-state index contributed by atoms with van der Waals surface area (Å²) in [5.41, 5.74) is 1.13. The number of hydrogen-bond acceptors (Lipinski definition) is 2. The van der Waals surface area contributed by atoms with E-state index < -0.39 is 0 Å². The maximum atomic E-state index is 3.68. The molecule has 0 amide bonds. The van der Waals surface area contributed by atoms with Gasteiger partial charge in [0, 0.05) is 12.6 Å². The molecular weight excluding hydrogens is 244 g/mol. The van der Waals surface area contributed by atoms with Crippen LogP contribution in [-0.4, -0.2) is 37.1 Å². The Morgan fingerprint density at radius 3 is 2.25 bits per heavy atom. The molecule has 2 fully saturated rings. The summed E-state index contributed by atoms with van der Waals surface area (Å²) in [5.74, 6) is 0. The smallest absolute Gasteiger partial charge is 0.0102 e. The predicted molar refractivity (Wildman–Crippen MR) is 88.1 cm³/mol. The van der Waals surface area contributed by atoms with Crippen LogP contribution in [0.1, 0.15) is 72.6 Å². The molecule has 1 unspecified atom stereocenters. The Balaban J connectivity index is 1.78. The SMILES string of the molecule is CCCNC(C)C(C)(C)CN1CCC2(CCCC2)CC1.